The van der Waals surface area contributed by atoms with Gasteiger partial charge in [-0.05, 0) is 30.3 Å². The minimum absolute atomic E-state index is 0.0121. The van der Waals surface area contributed by atoms with Crippen LogP contribution < -0.4 is 9.64 Å². The maximum Gasteiger partial charge on any atom is 0.252 e. The first-order valence-electron chi connectivity index (χ1n) is 9.01. The summed E-state index contributed by atoms with van der Waals surface area (Å²) in [6.07, 6.45) is 0.0684. The lowest BCUT2D eigenvalue weighted by Crippen LogP contribution is -2.37. The van der Waals surface area contributed by atoms with Crippen molar-refractivity contribution < 1.29 is 22.3 Å². The van der Waals surface area contributed by atoms with Crippen LogP contribution in [0.25, 0.3) is 0 Å². The second-order valence-corrected chi connectivity index (χ2v) is 10.3. The van der Waals surface area contributed by atoms with E-state index in [1.165, 1.54) is 23.9 Å². The monoisotopic (exact) mass is 434 g/mol. The summed E-state index contributed by atoms with van der Waals surface area (Å²) in [6, 6.07) is 12.7. The third-order valence-corrected chi connectivity index (χ3v) is 8.14. The minimum Gasteiger partial charge on any atom is -0.496 e. The van der Waals surface area contributed by atoms with Gasteiger partial charge in [-0.25, -0.2) is 12.8 Å². The maximum atomic E-state index is 13.4. The number of para-hydroxylation sites is 1. The number of sulfone groups is 1. The first kappa shape index (κ1) is 19.9. The SMILES string of the molecule is COc1ccccc1CC(=O)N=C1S[C@H]2CS(=O)(=O)C[C@H]2N1c1ccc(F)cc1. The predicted molar refractivity (Wildman–Crippen MR) is 112 cm³/mol. The summed E-state index contributed by atoms with van der Waals surface area (Å²) in [5, 5.41) is 0.240. The molecule has 0 unspecified atom stereocenters. The number of anilines is 1. The van der Waals surface area contributed by atoms with Gasteiger partial charge in [-0.3, -0.25) is 4.79 Å². The first-order chi connectivity index (χ1) is 13.9. The molecule has 152 valence electrons. The third kappa shape index (κ3) is 4.16. The Morgan fingerprint density at radius 2 is 1.93 bits per heavy atom. The van der Waals surface area contributed by atoms with Crippen molar-refractivity contribution in [1.82, 2.24) is 0 Å². The first-order valence-corrected chi connectivity index (χ1v) is 11.7. The number of ether oxygens (including phenoxy) is 1. The molecular formula is C20H19FN2O4S2. The molecule has 2 aromatic carbocycles. The van der Waals surface area contributed by atoms with E-state index in [-0.39, 0.29) is 40.9 Å². The number of nitrogens with zero attached hydrogens (tertiary/aromatic N) is 2. The van der Waals surface area contributed by atoms with Crippen LogP contribution in [0, 0.1) is 5.82 Å². The lowest BCUT2D eigenvalue weighted by Gasteiger charge is -2.24. The van der Waals surface area contributed by atoms with Crippen LogP contribution in [0.3, 0.4) is 0 Å². The zero-order valence-electron chi connectivity index (χ0n) is 15.6. The molecule has 2 aliphatic heterocycles. The van der Waals surface area contributed by atoms with Crippen molar-refractivity contribution in [3.05, 3.63) is 59.9 Å². The Hall–Kier alpha value is -2.39. The highest BCUT2D eigenvalue weighted by molar-refractivity contribution is 8.16. The Kier molecular flexibility index (Phi) is 5.35. The van der Waals surface area contributed by atoms with E-state index in [2.05, 4.69) is 4.99 Å². The van der Waals surface area contributed by atoms with Gasteiger partial charge < -0.3 is 9.64 Å². The second kappa shape index (κ2) is 7.79. The van der Waals surface area contributed by atoms with Gasteiger partial charge >= 0.3 is 0 Å². The van der Waals surface area contributed by atoms with Crippen LogP contribution in [0.15, 0.2) is 53.5 Å². The van der Waals surface area contributed by atoms with E-state index in [0.717, 1.165) is 5.56 Å². The number of fused-ring (bicyclic) bond motifs is 1. The number of benzene rings is 2. The van der Waals surface area contributed by atoms with Gasteiger partial charge in [0, 0.05) is 16.5 Å². The molecule has 9 heteroatoms. The van der Waals surface area contributed by atoms with Crippen molar-refractivity contribution in [3.8, 4) is 5.75 Å². The normalized spacial score (nSPS) is 23.9. The second-order valence-electron chi connectivity index (χ2n) is 6.92. The quantitative estimate of drug-likeness (QED) is 0.737. The number of amides is 1. The Morgan fingerprint density at radius 1 is 1.21 bits per heavy atom. The van der Waals surface area contributed by atoms with Gasteiger partial charge in [0.15, 0.2) is 15.0 Å². The molecule has 0 bridgehead atoms. The molecule has 0 aliphatic carbocycles. The highest BCUT2D eigenvalue weighted by Crippen LogP contribution is 2.41. The number of amidine groups is 1. The van der Waals surface area contributed by atoms with Gasteiger partial charge in [0.1, 0.15) is 11.6 Å². The molecule has 0 radical (unpaired) electrons. The zero-order valence-corrected chi connectivity index (χ0v) is 17.2. The van der Waals surface area contributed by atoms with E-state index in [9.17, 15) is 17.6 Å². The van der Waals surface area contributed by atoms with E-state index in [1.54, 1.807) is 36.3 Å². The van der Waals surface area contributed by atoms with E-state index in [0.29, 0.717) is 16.6 Å². The van der Waals surface area contributed by atoms with Gasteiger partial charge in [0.05, 0.1) is 31.1 Å². The summed E-state index contributed by atoms with van der Waals surface area (Å²) in [5.41, 5.74) is 1.34. The van der Waals surface area contributed by atoms with E-state index < -0.39 is 9.84 Å². The Morgan fingerprint density at radius 3 is 2.66 bits per heavy atom. The number of thioether (sulfide) groups is 1. The number of carbonyl (C=O) groups is 1. The summed E-state index contributed by atoms with van der Waals surface area (Å²) in [7, 11) is -1.62. The van der Waals surface area contributed by atoms with Crippen molar-refractivity contribution in [1.29, 1.82) is 0 Å². The number of rotatable bonds is 4. The van der Waals surface area contributed by atoms with Gasteiger partial charge in [-0.15, -0.1) is 0 Å². The molecule has 4 rings (SSSR count). The van der Waals surface area contributed by atoms with E-state index in [1.807, 2.05) is 12.1 Å². The number of methoxy groups -OCH3 is 1. The van der Waals surface area contributed by atoms with Gasteiger partial charge in [0.2, 0.25) is 0 Å². The number of hydrogen-bond donors (Lipinski definition) is 0. The number of halogens is 1. The molecule has 2 aromatic rings. The topological polar surface area (TPSA) is 76.0 Å². The smallest absolute Gasteiger partial charge is 0.252 e. The lowest BCUT2D eigenvalue weighted by molar-refractivity contribution is -0.117. The summed E-state index contributed by atoms with van der Waals surface area (Å²) in [6.45, 7) is 0. The molecule has 0 aromatic heterocycles. The van der Waals surface area contributed by atoms with Crippen LogP contribution in [-0.2, 0) is 21.1 Å². The maximum absolute atomic E-state index is 13.4. The van der Waals surface area contributed by atoms with Crippen LogP contribution in [-0.4, -0.2) is 49.4 Å². The molecule has 2 heterocycles. The molecule has 2 saturated heterocycles. The third-order valence-electron chi connectivity index (χ3n) is 4.93. The molecule has 2 atom stereocenters. The summed E-state index contributed by atoms with van der Waals surface area (Å²) in [5.74, 6) is -0.103. The fourth-order valence-electron chi connectivity index (χ4n) is 3.63. The van der Waals surface area contributed by atoms with E-state index >= 15 is 0 Å². The predicted octanol–water partition coefficient (Wildman–Crippen LogP) is 2.68. The molecule has 1 amide bonds. The lowest BCUT2D eigenvalue weighted by atomic mass is 10.1. The molecule has 2 fully saturated rings. The van der Waals surface area contributed by atoms with Crippen LogP contribution in [0.5, 0.6) is 5.75 Å². The van der Waals surface area contributed by atoms with Crippen LogP contribution in [0.1, 0.15) is 5.56 Å². The molecule has 0 spiro atoms. The van der Waals surface area contributed by atoms with Crippen molar-refractivity contribution in [2.24, 2.45) is 4.99 Å². The highest BCUT2D eigenvalue weighted by Gasteiger charge is 2.49. The van der Waals surface area contributed by atoms with Gasteiger partial charge in [-0.1, -0.05) is 30.0 Å². The molecule has 0 saturated carbocycles. The van der Waals surface area contributed by atoms with Crippen LogP contribution in [0.4, 0.5) is 10.1 Å². The average Bonchev–Trinajstić information content (AvgIpc) is 3.13. The zero-order chi connectivity index (χ0) is 20.6. The minimum atomic E-state index is -3.16. The summed E-state index contributed by atoms with van der Waals surface area (Å²) < 4.78 is 42.8. The molecule has 0 N–H and O–H groups in total. The summed E-state index contributed by atoms with van der Waals surface area (Å²) in [4.78, 5) is 18.7. The van der Waals surface area contributed by atoms with Crippen molar-refractivity contribution in [2.45, 2.75) is 17.7 Å². The van der Waals surface area contributed by atoms with Crippen molar-refractivity contribution in [2.75, 3.05) is 23.5 Å². The van der Waals surface area contributed by atoms with Crippen LogP contribution in [0.2, 0.25) is 0 Å². The summed E-state index contributed by atoms with van der Waals surface area (Å²) >= 11 is 1.29. The molecular weight excluding hydrogens is 415 g/mol. The molecule has 2 aliphatic rings. The fraction of sp³-hybridized carbons (Fsp3) is 0.300. The van der Waals surface area contributed by atoms with Crippen LogP contribution >= 0.6 is 11.8 Å². The largest absolute Gasteiger partial charge is 0.496 e. The Bertz CT molecular complexity index is 1070. The number of carbonyl (C=O) groups excluding carboxylic acids is 1. The highest BCUT2D eigenvalue weighted by atomic mass is 32.2. The Balaban J connectivity index is 1.64. The molecule has 29 heavy (non-hydrogen) atoms. The van der Waals surface area contributed by atoms with E-state index in [4.69, 9.17) is 4.74 Å². The number of hydrogen-bond acceptors (Lipinski definition) is 5. The standard InChI is InChI=1S/C20H19FN2O4S2/c1-27-17-5-3-2-4-13(17)10-19(24)22-20-23(15-8-6-14(21)7-9-15)16-11-29(25,26)12-18(16)28-20/h2-9,16,18H,10-12H2,1H3/t16-,18+/m1/s1. The van der Waals surface area contributed by atoms with Gasteiger partial charge in [-0.2, -0.15) is 4.99 Å². The number of aliphatic imine (C=N–C) groups is 1. The van der Waals surface area contributed by atoms with Gasteiger partial charge in [0.25, 0.3) is 5.91 Å². The Labute approximate surface area is 172 Å². The average molecular weight is 435 g/mol. The van der Waals surface area contributed by atoms with Crippen molar-refractivity contribution in [3.63, 3.8) is 0 Å². The molecule has 6 nitrogen and oxygen atoms in total. The van der Waals surface area contributed by atoms with Crippen molar-refractivity contribution >= 4 is 38.4 Å². The fourth-order valence-corrected chi connectivity index (χ4v) is 7.56.